The number of carboxylic acid groups (broad SMARTS) is 1. The molecule has 1 unspecified atom stereocenters. The number of amidine groups is 1. The molecule has 1 saturated heterocycles. The minimum absolute atomic E-state index is 0.0294. The highest BCUT2D eigenvalue weighted by Gasteiger charge is 2.37. The Bertz CT molecular complexity index is 1130. The highest BCUT2D eigenvalue weighted by atomic mass is 35.5. The number of carboxylic acids is 1. The van der Waals surface area contributed by atoms with Crippen molar-refractivity contribution in [1.29, 1.82) is 0 Å². The van der Waals surface area contributed by atoms with Crippen LogP contribution in [0.4, 0.5) is 5.69 Å². The van der Waals surface area contributed by atoms with Crippen molar-refractivity contribution < 1.29 is 14.7 Å². The summed E-state index contributed by atoms with van der Waals surface area (Å²) in [4.78, 5) is 30.8. The molecule has 1 fully saturated rings. The van der Waals surface area contributed by atoms with E-state index in [0.29, 0.717) is 28.8 Å². The first-order valence-electron chi connectivity index (χ1n) is 10.2. The van der Waals surface area contributed by atoms with Crippen molar-refractivity contribution >= 4 is 46.1 Å². The van der Waals surface area contributed by atoms with Crippen LogP contribution in [0.2, 0.25) is 5.02 Å². The van der Waals surface area contributed by atoms with Crippen LogP contribution in [-0.4, -0.2) is 38.8 Å². The molecule has 0 aromatic heterocycles. The summed E-state index contributed by atoms with van der Waals surface area (Å²) in [6.07, 6.45) is 1.30. The van der Waals surface area contributed by atoms with Crippen LogP contribution in [0.3, 0.4) is 0 Å². The van der Waals surface area contributed by atoms with Gasteiger partial charge in [0, 0.05) is 11.6 Å². The van der Waals surface area contributed by atoms with E-state index in [1.165, 1.54) is 23.9 Å². The number of hydrogen-bond acceptors (Lipinski definition) is 4. The van der Waals surface area contributed by atoms with E-state index < -0.39 is 5.97 Å². The number of halogens is 1. The van der Waals surface area contributed by atoms with E-state index >= 15 is 0 Å². The smallest absolute Gasteiger partial charge is 0.335 e. The molecule has 1 aliphatic heterocycles. The van der Waals surface area contributed by atoms with Gasteiger partial charge in [0.15, 0.2) is 5.17 Å². The molecular weight excluding hydrogens is 444 g/mol. The Labute approximate surface area is 195 Å². The molecule has 5 nitrogen and oxygen atoms in total. The number of carbonyl (C=O) groups is 2. The fourth-order valence-electron chi connectivity index (χ4n) is 3.44. The van der Waals surface area contributed by atoms with Gasteiger partial charge in [0.25, 0.3) is 0 Å². The number of nitrogens with zero attached hydrogens (tertiary/aromatic N) is 2. The van der Waals surface area contributed by atoms with Gasteiger partial charge in [-0.3, -0.25) is 9.69 Å². The van der Waals surface area contributed by atoms with Gasteiger partial charge in [-0.25, -0.2) is 9.79 Å². The molecule has 1 aliphatic rings. The fourth-order valence-corrected chi connectivity index (χ4v) is 4.79. The van der Waals surface area contributed by atoms with Gasteiger partial charge in [-0.1, -0.05) is 65.8 Å². The van der Waals surface area contributed by atoms with Crippen molar-refractivity contribution in [2.75, 3.05) is 6.54 Å². The summed E-state index contributed by atoms with van der Waals surface area (Å²) in [5.74, 6) is -0.955. The van der Waals surface area contributed by atoms with Gasteiger partial charge in [0.1, 0.15) is 0 Å². The number of aromatic carboxylic acids is 1. The van der Waals surface area contributed by atoms with Crippen molar-refractivity contribution in [3.63, 3.8) is 0 Å². The summed E-state index contributed by atoms with van der Waals surface area (Å²) in [6.45, 7) is 0.527. The largest absolute Gasteiger partial charge is 0.478 e. The monoisotopic (exact) mass is 464 g/mol. The molecule has 32 heavy (non-hydrogen) atoms. The number of amides is 1. The van der Waals surface area contributed by atoms with Crippen LogP contribution < -0.4 is 0 Å². The zero-order valence-corrected chi connectivity index (χ0v) is 18.7. The van der Waals surface area contributed by atoms with Gasteiger partial charge >= 0.3 is 5.97 Å². The van der Waals surface area contributed by atoms with E-state index in [-0.39, 0.29) is 16.7 Å². The molecule has 0 radical (unpaired) electrons. The average molecular weight is 465 g/mol. The van der Waals surface area contributed by atoms with E-state index in [9.17, 15) is 9.59 Å². The minimum Gasteiger partial charge on any atom is -0.478 e. The second-order valence-electron chi connectivity index (χ2n) is 7.41. The molecule has 0 aliphatic carbocycles. The molecule has 3 aromatic carbocycles. The first-order valence-corrected chi connectivity index (χ1v) is 11.4. The molecule has 162 valence electrons. The Morgan fingerprint density at radius 3 is 2.31 bits per heavy atom. The third-order valence-electron chi connectivity index (χ3n) is 5.16. The summed E-state index contributed by atoms with van der Waals surface area (Å²) >= 11 is 7.43. The lowest BCUT2D eigenvalue weighted by molar-refractivity contribution is -0.126. The number of aliphatic imine (C=N–C) groups is 1. The Balaban J connectivity index is 1.57. The Hall–Kier alpha value is -3.09. The van der Waals surface area contributed by atoms with E-state index in [4.69, 9.17) is 16.7 Å². The number of benzene rings is 3. The minimum atomic E-state index is -0.984. The molecule has 1 heterocycles. The fraction of sp³-hybridized carbons (Fsp3) is 0.160. The lowest BCUT2D eigenvalue weighted by Gasteiger charge is -2.16. The molecule has 1 amide bonds. The second-order valence-corrected chi connectivity index (χ2v) is 9.02. The van der Waals surface area contributed by atoms with Crippen molar-refractivity contribution in [3.8, 4) is 0 Å². The topological polar surface area (TPSA) is 70.0 Å². The number of rotatable bonds is 7. The molecule has 0 spiro atoms. The Kier molecular flexibility index (Phi) is 6.93. The van der Waals surface area contributed by atoms with E-state index in [1.54, 1.807) is 17.0 Å². The van der Waals surface area contributed by atoms with Crippen molar-refractivity contribution in [3.05, 3.63) is 101 Å². The molecule has 4 rings (SSSR count). The molecule has 1 N–H and O–H groups in total. The van der Waals surface area contributed by atoms with Crippen LogP contribution >= 0.6 is 23.4 Å². The zero-order valence-electron chi connectivity index (χ0n) is 17.1. The first-order chi connectivity index (χ1) is 15.5. The highest BCUT2D eigenvalue weighted by Crippen LogP contribution is 2.32. The Morgan fingerprint density at radius 1 is 0.969 bits per heavy atom. The molecule has 0 bridgehead atoms. The van der Waals surface area contributed by atoms with Crippen LogP contribution in [0.25, 0.3) is 0 Å². The van der Waals surface area contributed by atoms with Crippen LogP contribution in [0.1, 0.15) is 21.5 Å². The van der Waals surface area contributed by atoms with E-state index in [2.05, 4.69) is 4.99 Å². The van der Waals surface area contributed by atoms with Gasteiger partial charge in [-0.15, -0.1) is 0 Å². The second kappa shape index (κ2) is 10.0. The van der Waals surface area contributed by atoms with Gasteiger partial charge in [-0.05, 0) is 60.4 Å². The maximum absolute atomic E-state index is 13.3. The van der Waals surface area contributed by atoms with Gasteiger partial charge in [0.2, 0.25) is 5.91 Å². The van der Waals surface area contributed by atoms with Crippen molar-refractivity contribution in [2.24, 2.45) is 4.99 Å². The predicted molar refractivity (Wildman–Crippen MR) is 129 cm³/mol. The lowest BCUT2D eigenvalue weighted by Crippen LogP contribution is -2.34. The maximum atomic E-state index is 13.3. The standard InChI is InChI=1S/C25H21ClN2O3S/c26-20-10-6-18(7-11-20)16-22-23(29)28(15-14-17-4-2-1-3-5-17)25(32-22)27-21-12-8-19(9-13-21)24(30)31/h1-13,22H,14-16H2,(H,30,31). The summed E-state index contributed by atoms with van der Waals surface area (Å²) in [5, 5.41) is 10.1. The number of hydrogen-bond donors (Lipinski definition) is 1. The quantitative estimate of drug-likeness (QED) is 0.504. The third-order valence-corrected chi connectivity index (χ3v) is 6.59. The van der Waals surface area contributed by atoms with Crippen molar-refractivity contribution in [1.82, 2.24) is 4.90 Å². The number of thioether (sulfide) groups is 1. The van der Waals surface area contributed by atoms with Crippen molar-refractivity contribution in [2.45, 2.75) is 18.1 Å². The zero-order chi connectivity index (χ0) is 22.5. The lowest BCUT2D eigenvalue weighted by atomic mass is 10.1. The molecule has 1 atom stereocenters. The normalized spacial score (nSPS) is 17.2. The van der Waals surface area contributed by atoms with Crippen LogP contribution in [-0.2, 0) is 17.6 Å². The van der Waals surface area contributed by atoms with E-state index in [1.807, 2.05) is 54.6 Å². The van der Waals surface area contributed by atoms with Crippen LogP contribution in [0, 0.1) is 0 Å². The molecular formula is C25H21ClN2O3S. The van der Waals surface area contributed by atoms with Gasteiger partial charge in [-0.2, -0.15) is 0 Å². The van der Waals surface area contributed by atoms with Gasteiger partial charge < -0.3 is 5.11 Å². The predicted octanol–water partition coefficient (Wildman–Crippen LogP) is 5.46. The Morgan fingerprint density at radius 2 is 1.66 bits per heavy atom. The molecule has 7 heteroatoms. The van der Waals surface area contributed by atoms with Crippen LogP contribution in [0.15, 0.2) is 83.9 Å². The summed E-state index contributed by atoms with van der Waals surface area (Å²) in [7, 11) is 0. The first kappa shape index (κ1) is 22.1. The number of carbonyl (C=O) groups excluding carboxylic acids is 1. The highest BCUT2D eigenvalue weighted by molar-refractivity contribution is 8.15. The van der Waals surface area contributed by atoms with Gasteiger partial charge in [0.05, 0.1) is 16.5 Å². The SMILES string of the molecule is O=C(O)c1ccc(N=C2SC(Cc3ccc(Cl)cc3)C(=O)N2CCc2ccccc2)cc1. The average Bonchev–Trinajstić information content (AvgIpc) is 3.08. The van der Waals surface area contributed by atoms with Crippen LogP contribution in [0.5, 0.6) is 0 Å². The molecule has 3 aromatic rings. The van der Waals surface area contributed by atoms with E-state index in [0.717, 1.165) is 17.5 Å². The summed E-state index contributed by atoms with van der Waals surface area (Å²) in [6, 6.07) is 23.9. The molecule has 0 saturated carbocycles. The third kappa shape index (κ3) is 5.39. The summed E-state index contributed by atoms with van der Waals surface area (Å²) < 4.78 is 0. The summed E-state index contributed by atoms with van der Waals surface area (Å²) in [5.41, 5.74) is 3.00. The maximum Gasteiger partial charge on any atom is 0.335 e.